The van der Waals surface area contributed by atoms with Crippen molar-refractivity contribution in [2.45, 2.75) is 45.6 Å². The number of rotatable bonds is 8. The number of carbonyl (C=O) groups excluding carboxylic acids is 2. The predicted octanol–water partition coefficient (Wildman–Crippen LogP) is 4.31. The van der Waals surface area contributed by atoms with E-state index in [1.54, 1.807) is 13.0 Å². The smallest absolute Gasteiger partial charge is 0.340 e. The number of ether oxygens (including phenoxy) is 1. The topological polar surface area (TPSA) is 49.9 Å². The monoisotopic (exact) mass is 408 g/mol. The van der Waals surface area contributed by atoms with Gasteiger partial charge in [0.15, 0.2) is 0 Å². The maximum Gasteiger partial charge on any atom is 0.340 e. The van der Waals surface area contributed by atoms with Crippen LogP contribution in [0.2, 0.25) is 0 Å². The number of piperidine rings is 1. The number of benzene rings is 2. The average molecular weight is 409 g/mol. The minimum absolute atomic E-state index is 0.0504. The molecule has 0 unspecified atom stereocenters. The van der Waals surface area contributed by atoms with Gasteiger partial charge in [-0.15, -0.1) is 0 Å². The van der Waals surface area contributed by atoms with E-state index in [2.05, 4.69) is 29.2 Å². The summed E-state index contributed by atoms with van der Waals surface area (Å²) in [6.07, 6.45) is 3.25. The van der Waals surface area contributed by atoms with Crippen LogP contribution in [0.3, 0.4) is 0 Å². The number of carbonyl (C=O) groups is 2. The van der Waals surface area contributed by atoms with E-state index in [0.29, 0.717) is 24.3 Å². The standard InChI is InChI=1S/C25H32N2O3/c1-3-24(28)27(23-13-9-8-12-22(23)25(29)30-4-2)21-15-18-26(19-16-21)17-14-20-10-6-5-7-11-20/h5-13,21H,3-4,14-19H2,1-2H3. The van der Waals surface area contributed by atoms with Crippen molar-refractivity contribution in [3.8, 4) is 0 Å². The number of para-hydroxylation sites is 1. The van der Waals surface area contributed by atoms with Gasteiger partial charge < -0.3 is 14.5 Å². The van der Waals surface area contributed by atoms with Crippen molar-refractivity contribution in [2.24, 2.45) is 0 Å². The number of amides is 1. The van der Waals surface area contributed by atoms with Crippen LogP contribution in [-0.2, 0) is 16.0 Å². The lowest BCUT2D eigenvalue weighted by Gasteiger charge is -2.39. The van der Waals surface area contributed by atoms with Gasteiger partial charge in [0.05, 0.1) is 17.9 Å². The third-order valence-corrected chi connectivity index (χ3v) is 5.71. The zero-order valence-electron chi connectivity index (χ0n) is 18.0. The van der Waals surface area contributed by atoms with E-state index in [4.69, 9.17) is 4.74 Å². The number of hydrogen-bond donors (Lipinski definition) is 0. The summed E-state index contributed by atoms with van der Waals surface area (Å²) in [6.45, 7) is 6.91. The van der Waals surface area contributed by atoms with Crippen molar-refractivity contribution in [1.82, 2.24) is 4.90 Å². The third-order valence-electron chi connectivity index (χ3n) is 5.71. The molecule has 0 aromatic heterocycles. The molecule has 0 N–H and O–H groups in total. The highest BCUT2D eigenvalue weighted by Crippen LogP contribution is 2.28. The first kappa shape index (κ1) is 22.0. The van der Waals surface area contributed by atoms with Crippen LogP contribution in [0.1, 0.15) is 49.0 Å². The molecule has 3 rings (SSSR count). The Hall–Kier alpha value is -2.66. The van der Waals surface area contributed by atoms with Crippen LogP contribution in [0.5, 0.6) is 0 Å². The third kappa shape index (κ3) is 5.48. The minimum atomic E-state index is -0.373. The van der Waals surface area contributed by atoms with E-state index in [1.807, 2.05) is 36.1 Å². The van der Waals surface area contributed by atoms with Crippen LogP contribution in [0.15, 0.2) is 54.6 Å². The van der Waals surface area contributed by atoms with E-state index in [-0.39, 0.29) is 17.9 Å². The van der Waals surface area contributed by atoms with Gasteiger partial charge in [0.2, 0.25) is 5.91 Å². The Labute approximate surface area is 179 Å². The molecule has 2 aromatic rings. The van der Waals surface area contributed by atoms with Gasteiger partial charge in [0.1, 0.15) is 0 Å². The molecule has 1 aliphatic rings. The molecule has 1 amide bonds. The number of nitrogens with zero attached hydrogens (tertiary/aromatic N) is 2. The second-order valence-corrected chi connectivity index (χ2v) is 7.66. The normalized spacial score (nSPS) is 15.0. The van der Waals surface area contributed by atoms with Crippen LogP contribution in [0.4, 0.5) is 5.69 Å². The van der Waals surface area contributed by atoms with Crippen molar-refractivity contribution in [2.75, 3.05) is 31.1 Å². The molecule has 1 heterocycles. The number of esters is 1. The van der Waals surface area contributed by atoms with Crippen molar-refractivity contribution in [1.29, 1.82) is 0 Å². The van der Waals surface area contributed by atoms with Crippen molar-refractivity contribution in [3.63, 3.8) is 0 Å². The zero-order valence-corrected chi connectivity index (χ0v) is 18.0. The molecule has 0 saturated carbocycles. The van der Waals surface area contributed by atoms with Crippen molar-refractivity contribution in [3.05, 3.63) is 65.7 Å². The fraction of sp³-hybridized carbons (Fsp3) is 0.440. The molecule has 1 saturated heterocycles. The Bertz CT molecular complexity index is 829. The summed E-state index contributed by atoms with van der Waals surface area (Å²) in [5, 5.41) is 0. The number of hydrogen-bond acceptors (Lipinski definition) is 4. The Balaban J connectivity index is 1.69. The molecule has 1 fully saturated rings. The summed E-state index contributed by atoms with van der Waals surface area (Å²) in [5.41, 5.74) is 2.49. The SMILES string of the molecule is CCOC(=O)c1ccccc1N(C(=O)CC)C1CCN(CCc2ccccc2)CC1. The molecule has 0 aliphatic carbocycles. The molecule has 0 radical (unpaired) electrons. The van der Waals surface area contributed by atoms with Gasteiger partial charge in [-0.3, -0.25) is 4.79 Å². The lowest BCUT2D eigenvalue weighted by atomic mass is 9.99. The van der Waals surface area contributed by atoms with Crippen LogP contribution in [0.25, 0.3) is 0 Å². The van der Waals surface area contributed by atoms with E-state index < -0.39 is 0 Å². The molecule has 5 heteroatoms. The predicted molar refractivity (Wildman–Crippen MR) is 120 cm³/mol. The summed E-state index contributed by atoms with van der Waals surface area (Å²) in [4.78, 5) is 29.7. The second-order valence-electron chi connectivity index (χ2n) is 7.66. The Morgan fingerprint density at radius 1 is 1.00 bits per heavy atom. The summed E-state index contributed by atoms with van der Waals surface area (Å²) in [6, 6.07) is 17.9. The van der Waals surface area contributed by atoms with Gasteiger partial charge in [-0.05, 0) is 43.9 Å². The first-order valence-electron chi connectivity index (χ1n) is 11.0. The van der Waals surface area contributed by atoms with Gasteiger partial charge in [0, 0.05) is 32.1 Å². The second kappa shape index (κ2) is 10.9. The van der Waals surface area contributed by atoms with Gasteiger partial charge >= 0.3 is 5.97 Å². The van der Waals surface area contributed by atoms with Crippen molar-refractivity contribution < 1.29 is 14.3 Å². The fourth-order valence-corrected chi connectivity index (χ4v) is 4.10. The van der Waals surface area contributed by atoms with Crippen LogP contribution in [0, 0.1) is 0 Å². The Morgan fingerprint density at radius 3 is 2.33 bits per heavy atom. The molecule has 0 bridgehead atoms. The highest BCUT2D eigenvalue weighted by Gasteiger charge is 2.30. The zero-order chi connectivity index (χ0) is 21.3. The molecule has 2 aromatic carbocycles. The maximum absolute atomic E-state index is 12.9. The molecule has 5 nitrogen and oxygen atoms in total. The molecule has 0 atom stereocenters. The fourth-order valence-electron chi connectivity index (χ4n) is 4.10. The van der Waals surface area contributed by atoms with E-state index in [1.165, 1.54) is 5.56 Å². The first-order chi connectivity index (χ1) is 14.6. The quantitative estimate of drug-likeness (QED) is 0.611. The summed E-state index contributed by atoms with van der Waals surface area (Å²) in [7, 11) is 0. The minimum Gasteiger partial charge on any atom is -0.462 e. The molecular weight excluding hydrogens is 376 g/mol. The molecule has 1 aliphatic heterocycles. The first-order valence-corrected chi connectivity index (χ1v) is 11.0. The lowest BCUT2D eigenvalue weighted by Crippen LogP contribution is -2.48. The van der Waals surface area contributed by atoms with Gasteiger partial charge in [-0.2, -0.15) is 0 Å². The average Bonchev–Trinajstić information content (AvgIpc) is 2.79. The Kier molecular flexibility index (Phi) is 8.03. The van der Waals surface area contributed by atoms with Crippen LogP contribution < -0.4 is 4.90 Å². The van der Waals surface area contributed by atoms with E-state index in [9.17, 15) is 9.59 Å². The lowest BCUT2D eigenvalue weighted by molar-refractivity contribution is -0.119. The largest absolute Gasteiger partial charge is 0.462 e. The van der Waals surface area contributed by atoms with E-state index >= 15 is 0 Å². The summed E-state index contributed by atoms with van der Waals surface area (Å²) < 4.78 is 5.23. The molecular formula is C25H32N2O3. The number of anilines is 1. The molecule has 30 heavy (non-hydrogen) atoms. The van der Waals surface area contributed by atoms with E-state index in [0.717, 1.165) is 38.9 Å². The summed E-state index contributed by atoms with van der Waals surface area (Å²) >= 11 is 0. The van der Waals surface area contributed by atoms with Gasteiger partial charge in [0.25, 0.3) is 0 Å². The molecule has 160 valence electrons. The molecule has 0 spiro atoms. The maximum atomic E-state index is 12.9. The van der Waals surface area contributed by atoms with Crippen molar-refractivity contribution >= 4 is 17.6 Å². The van der Waals surface area contributed by atoms with Gasteiger partial charge in [-0.25, -0.2) is 4.79 Å². The Morgan fingerprint density at radius 2 is 1.67 bits per heavy atom. The highest BCUT2D eigenvalue weighted by atomic mass is 16.5. The number of likely N-dealkylation sites (tertiary alicyclic amines) is 1. The van der Waals surface area contributed by atoms with Crippen LogP contribution >= 0.6 is 0 Å². The highest BCUT2D eigenvalue weighted by molar-refractivity contribution is 6.02. The van der Waals surface area contributed by atoms with Gasteiger partial charge in [-0.1, -0.05) is 49.4 Å². The summed E-state index contributed by atoms with van der Waals surface area (Å²) in [5.74, 6) is -0.322. The van der Waals surface area contributed by atoms with Crippen LogP contribution in [-0.4, -0.2) is 49.1 Å².